The zero-order valence-electron chi connectivity index (χ0n) is 8.52. The molecule has 0 saturated heterocycles. The Bertz CT molecular complexity index is 546. The minimum atomic E-state index is -0.232. The lowest BCUT2D eigenvalue weighted by atomic mass is 10.2. The Balaban J connectivity index is 2.21. The molecule has 0 spiro atoms. The summed E-state index contributed by atoms with van der Waals surface area (Å²) in [6.07, 6.45) is 1.55. The van der Waals surface area contributed by atoms with Gasteiger partial charge in [-0.15, -0.1) is 5.10 Å². The number of rotatable bonds is 2. The van der Waals surface area contributed by atoms with Crippen molar-refractivity contribution in [1.82, 2.24) is 10.2 Å². The van der Waals surface area contributed by atoms with Gasteiger partial charge in [0.1, 0.15) is 0 Å². The third-order valence-electron chi connectivity index (χ3n) is 1.99. The van der Waals surface area contributed by atoms with Crippen LogP contribution in [0.4, 0.5) is 5.82 Å². The molecule has 2 rings (SSSR count). The second kappa shape index (κ2) is 5.37. The van der Waals surface area contributed by atoms with Gasteiger partial charge in [0.25, 0.3) is 5.91 Å². The monoisotopic (exact) mass is 355 g/mol. The van der Waals surface area contributed by atoms with Crippen molar-refractivity contribution in [2.24, 2.45) is 0 Å². The van der Waals surface area contributed by atoms with Crippen LogP contribution < -0.4 is 5.32 Å². The highest BCUT2D eigenvalue weighted by molar-refractivity contribution is 9.11. The van der Waals surface area contributed by atoms with Gasteiger partial charge in [-0.05, 0) is 46.3 Å². The van der Waals surface area contributed by atoms with Gasteiger partial charge in [-0.25, -0.2) is 0 Å². The van der Waals surface area contributed by atoms with Gasteiger partial charge >= 0.3 is 0 Å². The molecule has 1 aromatic carbocycles. The quantitative estimate of drug-likeness (QED) is 0.898. The van der Waals surface area contributed by atoms with E-state index in [-0.39, 0.29) is 5.91 Å². The first-order valence-electron chi connectivity index (χ1n) is 4.71. The Morgan fingerprint density at radius 3 is 2.71 bits per heavy atom. The maximum absolute atomic E-state index is 11.9. The average Bonchev–Trinajstić information content (AvgIpc) is 2.30. The van der Waals surface area contributed by atoms with Gasteiger partial charge < -0.3 is 5.32 Å². The average molecular weight is 357 g/mol. The summed E-state index contributed by atoms with van der Waals surface area (Å²) in [7, 11) is 0. The highest BCUT2D eigenvalue weighted by Crippen LogP contribution is 2.22. The van der Waals surface area contributed by atoms with Gasteiger partial charge in [-0.2, -0.15) is 5.10 Å². The van der Waals surface area contributed by atoms with Crippen molar-refractivity contribution >= 4 is 43.6 Å². The molecule has 86 valence electrons. The van der Waals surface area contributed by atoms with Gasteiger partial charge in [-0.1, -0.05) is 15.9 Å². The molecule has 0 bridgehead atoms. The zero-order chi connectivity index (χ0) is 12.3. The second-order valence-electron chi connectivity index (χ2n) is 3.19. The van der Waals surface area contributed by atoms with E-state index in [1.165, 1.54) is 0 Å². The predicted octanol–water partition coefficient (Wildman–Crippen LogP) is 3.25. The number of aromatic nitrogens is 2. The first kappa shape index (κ1) is 12.2. The lowest BCUT2D eigenvalue weighted by Gasteiger charge is -2.05. The van der Waals surface area contributed by atoms with Gasteiger partial charge in [0.15, 0.2) is 5.82 Å². The van der Waals surface area contributed by atoms with Gasteiger partial charge in [-0.3, -0.25) is 4.79 Å². The lowest BCUT2D eigenvalue weighted by molar-refractivity contribution is 0.102. The summed E-state index contributed by atoms with van der Waals surface area (Å²) < 4.78 is 1.62. The number of nitrogens with one attached hydrogen (secondary N) is 1. The minimum Gasteiger partial charge on any atom is -0.305 e. The van der Waals surface area contributed by atoms with E-state index in [4.69, 9.17) is 0 Å². The molecule has 4 nitrogen and oxygen atoms in total. The van der Waals surface area contributed by atoms with Crippen LogP contribution in [0.3, 0.4) is 0 Å². The Morgan fingerprint density at radius 2 is 2.06 bits per heavy atom. The Kier molecular flexibility index (Phi) is 3.86. The molecule has 1 N–H and O–H groups in total. The van der Waals surface area contributed by atoms with Crippen LogP contribution >= 0.6 is 31.9 Å². The minimum absolute atomic E-state index is 0.232. The summed E-state index contributed by atoms with van der Waals surface area (Å²) in [6, 6.07) is 8.72. The molecule has 6 heteroatoms. The Morgan fingerprint density at radius 1 is 1.24 bits per heavy atom. The molecular weight excluding hydrogens is 350 g/mol. The molecule has 0 aliphatic heterocycles. The molecule has 1 aromatic heterocycles. The fourth-order valence-electron chi connectivity index (χ4n) is 1.23. The molecule has 1 amide bonds. The number of carbonyl (C=O) groups is 1. The molecule has 17 heavy (non-hydrogen) atoms. The largest absolute Gasteiger partial charge is 0.305 e. The first-order chi connectivity index (χ1) is 8.16. The molecule has 0 radical (unpaired) electrons. The number of anilines is 1. The molecule has 2 aromatic rings. The summed E-state index contributed by atoms with van der Waals surface area (Å²) in [5.41, 5.74) is 0.541. The smallest absolute Gasteiger partial charge is 0.258 e. The Labute approximate surface area is 115 Å². The van der Waals surface area contributed by atoms with Gasteiger partial charge in [0, 0.05) is 15.1 Å². The van der Waals surface area contributed by atoms with Crippen LogP contribution in [0.1, 0.15) is 10.4 Å². The van der Waals surface area contributed by atoms with Crippen molar-refractivity contribution in [3.63, 3.8) is 0 Å². The van der Waals surface area contributed by atoms with Gasteiger partial charge in [0.2, 0.25) is 0 Å². The fraction of sp³-hybridized carbons (Fsp3) is 0. The number of amides is 1. The standard InChI is InChI=1S/C11H7Br2N3O/c12-7-3-4-8(9(13)6-7)11(17)15-10-2-1-5-14-16-10/h1-6H,(H,15,16,17). The fourth-order valence-corrected chi connectivity index (χ4v) is 2.45. The maximum Gasteiger partial charge on any atom is 0.258 e. The van der Waals surface area contributed by atoms with E-state index in [0.717, 1.165) is 4.47 Å². The lowest BCUT2D eigenvalue weighted by Crippen LogP contribution is -2.13. The van der Waals surface area contributed by atoms with Crippen molar-refractivity contribution in [2.45, 2.75) is 0 Å². The van der Waals surface area contributed by atoms with Crippen molar-refractivity contribution in [3.05, 3.63) is 51.0 Å². The summed E-state index contributed by atoms with van der Waals surface area (Å²) in [5, 5.41) is 10.1. The number of nitrogens with zero attached hydrogens (tertiary/aromatic N) is 2. The van der Waals surface area contributed by atoms with E-state index in [1.54, 1.807) is 30.5 Å². The van der Waals surface area contributed by atoms with Crippen molar-refractivity contribution in [3.8, 4) is 0 Å². The summed E-state index contributed by atoms with van der Waals surface area (Å²) in [6.45, 7) is 0. The number of hydrogen-bond donors (Lipinski definition) is 1. The van der Waals surface area contributed by atoms with Crippen molar-refractivity contribution in [1.29, 1.82) is 0 Å². The maximum atomic E-state index is 11.9. The third-order valence-corrected chi connectivity index (χ3v) is 3.14. The van der Waals surface area contributed by atoms with Crippen molar-refractivity contribution < 1.29 is 4.79 Å². The predicted molar refractivity (Wildman–Crippen MR) is 71.8 cm³/mol. The van der Waals surface area contributed by atoms with E-state index in [2.05, 4.69) is 47.4 Å². The number of carbonyl (C=O) groups excluding carboxylic acids is 1. The van der Waals surface area contributed by atoms with Crippen LogP contribution in [-0.2, 0) is 0 Å². The van der Waals surface area contributed by atoms with E-state index >= 15 is 0 Å². The van der Waals surface area contributed by atoms with Crippen molar-refractivity contribution in [2.75, 3.05) is 5.32 Å². The van der Waals surface area contributed by atoms with Crippen LogP contribution in [0, 0.1) is 0 Å². The van der Waals surface area contributed by atoms with Crippen LogP contribution in [0.5, 0.6) is 0 Å². The van der Waals surface area contributed by atoms with E-state index < -0.39 is 0 Å². The highest BCUT2D eigenvalue weighted by atomic mass is 79.9. The Hall–Kier alpha value is -1.27. The molecule has 0 unspecified atom stereocenters. The number of benzene rings is 1. The summed E-state index contributed by atoms with van der Waals surface area (Å²) in [4.78, 5) is 11.9. The molecular formula is C11H7Br2N3O. The first-order valence-corrected chi connectivity index (χ1v) is 6.29. The normalized spacial score (nSPS) is 10.0. The van der Waals surface area contributed by atoms with E-state index in [1.807, 2.05) is 6.07 Å². The second-order valence-corrected chi connectivity index (χ2v) is 4.96. The zero-order valence-corrected chi connectivity index (χ0v) is 11.7. The number of halogens is 2. The molecule has 0 atom stereocenters. The molecule has 0 saturated carbocycles. The van der Waals surface area contributed by atoms with E-state index in [0.29, 0.717) is 15.9 Å². The molecule has 0 fully saturated rings. The van der Waals surface area contributed by atoms with Crippen LogP contribution in [0.15, 0.2) is 45.5 Å². The topological polar surface area (TPSA) is 54.9 Å². The van der Waals surface area contributed by atoms with Crippen LogP contribution in [0.2, 0.25) is 0 Å². The highest BCUT2D eigenvalue weighted by Gasteiger charge is 2.10. The summed E-state index contributed by atoms with van der Waals surface area (Å²) in [5.74, 6) is 0.192. The van der Waals surface area contributed by atoms with Gasteiger partial charge in [0.05, 0.1) is 5.56 Å². The number of hydrogen-bond acceptors (Lipinski definition) is 3. The molecule has 1 heterocycles. The SMILES string of the molecule is O=C(Nc1cccnn1)c1ccc(Br)cc1Br. The molecule has 0 aliphatic carbocycles. The van der Waals surface area contributed by atoms with Crippen LogP contribution in [0.25, 0.3) is 0 Å². The summed E-state index contributed by atoms with van der Waals surface area (Å²) >= 11 is 6.66. The molecule has 0 aliphatic rings. The third kappa shape index (κ3) is 3.10. The van der Waals surface area contributed by atoms with Crippen LogP contribution in [-0.4, -0.2) is 16.1 Å². The van der Waals surface area contributed by atoms with E-state index in [9.17, 15) is 4.79 Å².